The van der Waals surface area contributed by atoms with Gasteiger partial charge in [-0.25, -0.2) is 4.79 Å². The molecule has 0 atom stereocenters. The predicted molar refractivity (Wildman–Crippen MR) is 69.1 cm³/mol. The van der Waals surface area contributed by atoms with Crippen molar-refractivity contribution in [1.29, 1.82) is 0 Å². The summed E-state index contributed by atoms with van der Waals surface area (Å²) < 4.78 is 5.17. The maximum absolute atomic E-state index is 11.7. The third-order valence-corrected chi connectivity index (χ3v) is 2.52. The monoisotopic (exact) mass is 242 g/mol. The van der Waals surface area contributed by atoms with Crippen molar-refractivity contribution in [3.05, 3.63) is 59.9 Å². The Morgan fingerprint density at radius 2 is 1.78 bits per heavy atom. The summed E-state index contributed by atoms with van der Waals surface area (Å²) in [5.41, 5.74) is 7.78. The maximum atomic E-state index is 11.7. The Morgan fingerprint density at radius 3 is 2.44 bits per heavy atom. The van der Waals surface area contributed by atoms with Gasteiger partial charge in [-0.2, -0.15) is 0 Å². The van der Waals surface area contributed by atoms with Crippen LogP contribution in [0.5, 0.6) is 0 Å². The lowest BCUT2D eigenvalue weighted by Gasteiger charge is -2.05. The molecule has 0 aliphatic rings. The van der Waals surface area contributed by atoms with E-state index in [-0.39, 0.29) is 5.97 Å². The van der Waals surface area contributed by atoms with Crippen molar-refractivity contribution in [1.82, 2.24) is 4.98 Å². The second-order valence-corrected chi connectivity index (χ2v) is 3.86. The molecule has 4 nitrogen and oxygen atoms in total. The molecular weight excluding hydrogens is 228 g/mol. The summed E-state index contributed by atoms with van der Waals surface area (Å²) in [5, 5.41) is 0. The smallest absolute Gasteiger partial charge is 0.338 e. The Kier molecular flexibility index (Phi) is 3.91. The highest BCUT2D eigenvalue weighted by Gasteiger charge is 2.06. The van der Waals surface area contributed by atoms with Gasteiger partial charge in [0.15, 0.2) is 0 Å². The van der Waals surface area contributed by atoms with E-state index >= 15 is 0 Å². The average Bonchev–Trinajstić information content (AvgIpc) is 2.40. The van der Waals surface area contributed by atoms with E-state index in [1.807, 2.05) is 12.1 Å². The second-order valence-electron chi connectivity index (χ2n) is 3.86. The van der Waals surface area contributed by atoms with Crippen molar-refractivity contribution >= 4 is 11.7 Å². The molecule has 2 N–H and O–H groups in total. The molecule has 0 bridgehead atoms. The first-order valence-electron chi connectivity index (χ1n) is 5.67. The van der Waals surface area contributed by atoms with Crippen LogP contribution in [0.3, 0.4) is 0 Å². The number of ether oxygens (including phenoxy) is 1. The van der Waals surface area contributed by atoms with Crippen molar-refractivity contribution in [2.24, 2.45) is 0 Å². The number of benzene rings is 1. The molecular formula is C14H14N2O2. The zero-order valence-electron chi connectivity index (χ0n) is 9.87. The zero-order valence-corrected chi connectivity index (χ0v) is 9.87. The Hall–Kier alpha value is -2.36. The number of hydrogen-bond acceptors (Lipinski definition) is 4. The van der Waals surface area contributed by atoms with Gasteiger partial charge in [-0.15, -0.1) is 0 Å². The SMILES string of the molecule is Nc1ccc(C(=O)OCCc2ccncc2)cc1. The van der Waals surface area contributed by atoms with Gasteiger partial charge in [0, 0.05) is 24.5 Å². The molecule has 2 rings (SSSR count). The van der Waals surface area contributed by atoms with Crippen molar-refractivity contribution in [3.63, 3.8) is 0 Å². The molecule has 0 aliphatic carbocycles. The van der Waals surface area contributed by atoms with E-state index in [2.05, 4.69) is 4.98 Å². The highest BCUT2D eigenvalue weighted by molar-refractivity contribution is 5.89. The third kappa shape index (κ3) is 3.31. The summed E-state index contributed by atoms with van der Waals surface area (Å²) in [7, 11) is 0. The van der Waals surface area contributed by atoms with Crippen LogP contribution in [0.1, 0.15) is 15.9 Å². The minimum atomic E-state index is -0.330. The molecule has 0 aliphatic heterocycles. The number of anilines is 1. The lowest BCUT2D eigenvalue weighted by molar-refractivity contribution is 0.0509. The molecule has 0 saturated carbocycles. The van der Waals surface area contributed by atoms with Gasteiger partial charge in [0.1, 0.15) is 0 Å². The van der Waals surface area contributed by atoms with Gasteiger partial charge in [0.2, 0.25) is 0 Å². The van der Waals surface area contributed by atoms with Gasteiger partial charge in [-0.1, -0.05) is 0 Å². The molecule has 0 radical (unpaired) electrons. The molecule has 0 saturated heterocycles. The van der Waals surface area contributed by atoms with Crippen molar-refractivity contribution < 1.29 is 9.53 Å². The van der Waals surface area contributed by atoms with Gasteiger partial charge >= 0.3 is 5.97 Å². The fourth-order valence-electron chi connectivity index (χ4n) is 1.51. The van der Waals surface area contributed by atoms with Crippen LogP contribution in [-0.4, -0.2) is 17.6 Å². The molecule has 1 aromatic heterocycles. The van der Waals surface area contributed by atoms with E-state index in [1.165, 1.54) is 0 Å². The molecule has 0 spiro atoms. The first kappa shape index (κ1) is 12.1. The number of pyridine rings is 1. The van der Waals surface area contributed by atoms with Gasteiger partial charge in [0.25, 0.3) is 0 Å². The molecule has 4 heteroatoms. The van der Waals surface area contributed by atoms with E-state index < -0.39 is 0 Å². The van der Waals surface area contributed by atoms with Crippen LogP contribution < -0.4 is 5.73 Å². The van der Waals surface area contributed by atoms with Crippen LogP contribution in [0.25, 0.3) is 0 Å². The van der Waals surface area contributed by atoms with E-state index in [9.17, 15) is 4.79 Å². The zero-order chi connectivity index (χ0) is 12.8. The van der Waals surface area contributed by atoms with Crippen molar-refractivity contribution in [2.45, 2.75) is 6.42 Å². The minimum absolute atomic E-state index is 0.330. The molecule has 0 amide bonds. The number of nitrogens with zero attached hydrogens (tertiary/aromatic N) is 1. The topological polar surface area (TPSA) is 65.2 Å². The number of hydrogen-bond donors (Lipinski definition) is 1. The van der Waals surface area contributed by atoms with E-state index in [4.69, 9.17) is 10.5 Å². The molecule has 92 valence electrons. The number of esters is 1. The van der Waals surface area contributed by atoms with Crippen LogP contribution in [0.2, 0.25) is 0 Å². The van der Waals surface area contributed by atoms with E-state index in [0.29, 0.717) is 24.3 Å². The van der Waals surface area contributed by atoms with Crippen LogP contribution in [0.4, 0.5) is 5.69 Å². The highest BCUT2D eigenvalue weighted by Crippen LogP contribution is 2.07. The standard InChI is InChI=1S/C14H14N2O2/c15-13-3-1-12(2-4-13)14(17)18-10-7-11-5-8-16-9-6-11/h1-6,8-9H,7,10,15H2. The minimum Gasteiger partial charge on any atom is -0.462 e. The van der Waals surface area contributed by atoms with Crippen molar-refractivity contribution in [2.75, 3.05) is 12.3 Å². The number of aromatic nitrogens is 1. The molecule has 0 fully saturated rings. The summed E-state index contributed by atoms with van der Waals surface area (Å²) in [6, 6.07) is 10.5. The highest BCUT2D eigenvalue weighted by atomic mass is 16.5. The Balaban J connectivity index is 1.84. The number of carbonyl (C=O) groups is 1. The Bertz CT molecular complexity index is 509. The molecule has 2 aromatic rings. The fourth-order valence-corrected chi connectivity index (χ4v) is 1.51. The van der Waals surface area contributed by atoms with Gasteiger partial charge in [0.05, 0.1) is 12.2 Å². The maximum Gasteiger partial charge on any atom is 0.338 e. The van der Waals surface area contributed by atoms with Gasteiger partial charge < -0.3 is 10.5 Å². The van der Waals surface area contributed by atoms with Crippen LogP contribution in [0, 0.1) is 0 Å². The van der Waals surface area contributed by atoms with Gasteiger partial charge in [-0.3, -0.25) is 4.98 Å². The lowest BCUT2D eigenvalue weighted by Crippen LogP contribution is -2.08. The van der Waals surface area contributed by atoms with E-state index in [1.54, 1.807) is 36.7 Å². The average molecular weight is 242 g/mol. The normalized spacial score (nSPS) is 10.0. The van der Waals surface area contributed by atoms with Crippen molar-refractivity contribution in [3.8, 4) is 0 Å². The summed E-state index contributed by atoms with van der Waals surface area (Å²) >= 11 is 0. The Labute approximate surface area is 105 Å². The predicted octanol–water partition coefficient (Wildman–Crippen LogP) is 2.06. The number of rotatable bonds is 4. The first-order chi connectivity index (χ1) is 8.75. The largest absolute Gasteiger partial charge is 0.462 e. The summed E-state index contributed by atoms with van der Waals surface area (Å²) in [6.07, 6.45) is 4.12. The molecule has 18 heavy (non-hydrogen) atoms. The quantitative estimate of drug-likeness (QED) is 0.658. The fraction of sp³-hybridized carbons (Fsp3) is 0.143. The van der Waals surface area contributed by atoms with Crippen LogP contribution in [0.15, 0.2) is 48.8 Å². The van der Waals surface area contributed by atoms with E-state index in [0.717, 1.165) is 5.56 Å². The molecule has 0 unspecified atom stereocenters. The van der Waals surface area contributed by atoms with Crippen LogP contribution >= 0.6 is 0 Å². The number of nitrogens with two attached hydrogens (primary N) is 1. The summed E-state index contributed by atoms with van der Waals surface area (Å²) in [5.74, 6) is -0.330. The third-order valence-electron chi connectivity index (χ3n) is 2.52. The number of carbonyl (C=O) groups excluding carboxylic acids is 1. The lowest BCUT2D eigenvalue weighted by atomic mass is 10.2. The number of nitrogen functional groups attached to an aromatic ring is 1. The van der Waals surface area contributed by atoms with Gasteiger partial charge in [-0.05, 0) is 42.0 Å². The summed E-state index contributed by atoms with van der Waals surface area (Å²) in [6.45, 7) is 0.354. The molecule has 1 heterocycles. The molecule has 1 aromatic carbocycles. The summed E-state index contributed by atoms with van der Waals surface area (Å²) in [4.78, 5) is 15.6. The second kappa shape index (κ2) is 5.82. The first-order valence-corrected chi connectivity index (χ1v) is 5.67. The Morgan fingerprint density at radius 1 is 1.11 bits per heavy atom. The van der Waals surface area contributed by atoms with Crippen LogP contribution in [-0.2, 0) is 11.2 Å².